The van der Waals surface area contributed by atoms with Crippen LogP contribution in [0, 0.1) is 0 Å². The molecule has 0 saturated heterocycles. The first kappa shape index (κ1) is 17.4. The Morgan fingerprint density at radius 1 is 1.35 bits per heavy atom. The summed E-state index contributed by atoms with van der Waals surface area (Å²) < 4.78 is 0.737. The van der Waals surface area contributed by atoms with Crippen LogP contribution in [0.4, 0.5) is 10.8 Å². The third kappa shape index (κ3) is 5.04. The van der Waals surface area contributed by atoms with E-state index in [1.807, 2.05) is 13.8 Å². The zero-order valence-electron chi connectivity index (χ0n) is 13.1. The van der Waals surface area contributed by atoms with E-state index in [-0.39, 0.29) is 16.9 Å². The quantitative estimate of drug-likeness (QED) is 0.589. The highest BCUT2D eigenvalue weighted by molar-refractivity contribution is 8.02. The number of amides is 1. The molecule has 6 nitrogen and oxygen atoms in total. The highest BCUT2D eigenvalue weighted by atomic mass is 32.2. The van der Waals surface area contributed by atoms with E-state index in [9.17, 15) is 9.59 Å². The van der Waals surface area contributed by atoms with Crippen LogP contribution in [-0.4, -0.2) is 33.7 Å². The lowest BCUT2D eigenvalue weighted by Gasteiger charge is -2.10. The van der Waals surface area contributed by atoms with Crippen LogP contribution < -0.4 is 10.6 Å². The summed E-state index contributed by atoms with van der Waals surface area (Å²) in [5.74, 6) is -0.177. The van der Waals surface area contributed by atoms with Crippen molar-refractivity contribution in [2.75, 3.05) is 17.2 Å². The number of ketones is 1. The van der Waals surface area contributed by atoms with Gasteiger partial charge in [0.2, 0.25) is 11.0 Å². The van der Waals surface area contributed by atoms with Crippen LogP contribution in [0.25, 0.3) is 0 Å². The number of hydrogen-bond acceptors (Lipinski definition) is 7. The summed E-state index contributed by atoms with van der Waals surface area (Å²) in [5, 5.41) is 14.4. The number of nitrogens with one attached hydrogen (secondary N) is 2. The van der Waals surface area contributed by atoms with Crippen molar-refractivity contribution in [3.05, 3.63) is 29.8 Å². The number of hydrogen-bond donors (Lipinski definition) is 2. The molecule has 0 aliphatic heterocycles. The molecule has 1 aromatic carbocycles. The SMILES string of the molecule is CCNc1nnc(SC(C)C(=O)Nc2cccc(C(C)=O)c2)s1. The minimum absolute atomic E-state index is 0.0339. The zero-order valence-corrected chi connectivity index (χ0v) is 14.8. The average Bonchev–Trinajstić information content (AvgIpc) is 2.95. The van der Waals surface area contributed by atoms with E-state index in [2.05, 4.69) is 20.8 Å². The molecule has 0 aliphatic carbocycles. The Labute approximate surface area is 143 Å². The van der Waals surface area contributed by atoms with Crippen LogP contribution in [0.5, 0.6) is 0 Å². The van der Waals surface area contributed by atoms with Crippen molar-refractivity contribution >= 4 is 45.6 Å². The highest BCUT2D eigenvalue weighted by Crippen LogP contribution is 2.29. The maximum atomic E-state index is 12.3. The molecular formula is C15H18N4O2S2. The summed E-state index contributed by atoms with van der Waals surface area (Å²) >= 11 is 2.77. The highest BCUT2D eigenvalue weighted by Gasteiger charge is 2.17. The fraction of sp³-hybridized carbons (Fsp3) is 0.333. The van der Waals surface area contributed by atoms with E-state index in [0.29, 0.717) is 11.3 Å². The lowest BCUT2D eigenvalue weighted by atomic mass is 10.1. The minimum Gasteiger partial charge on any atom is -0.360 e. The van der Waals surface area contributed by atoms with E-state index in [0.717, 1.165) is 16.0 Å². The standard InChI is InChI=1S/C15H18N4O2S2/c1-4-16-14-18-19-15(23-14)22-10(3)13(21)17-12-7-5-6-11(8-12)9(2)20/h5-8,10H,4H2,1-3H3,(H,16,18)(H,17,21). The molecule has 2 rings (SSSR count). The van der Waals surface area contributed by atoms with Gasteiger partial charge < -0.3 is 10.6 Å². The Bertz CT molecular complexity index is 702. The van der Waals surface area contributed by atoms with Crippen molar-refractivity contribution in [2.45, 2.75) is 30.4 Å². The fourth-order valence-corrected chi connectivity index (χ4v) is 3.71. The Hall–Kier alpha value is -1.93. The Balaban J connectivity index is 1.96. The molecule has 0 saturated carbocycles. The molecule has 2 N–H and O–H groups in total. The van der Waals surface area contributed by atoms with Crippen molar-refractivity contribution in [3.8, 4) is 0 Å². The molecule has 1 unspecified atom stereocenters. The number of anilines is 2. The number of rotatable bonds is 7. The summed E-state index contributed by atoms with van der Waals surface area (Å²) in [6.07, 6.45) is 0. The summed E-state index contributed by atoms with van der Waals surface area (Å²) in [6.45, 7) is 6.07. The molecule has 122 valence electrons. The second-order valence-corrected chi connectivity index (χ2v) is 7.36. The van der Waals surface area contributed by atoms with Gasteiger partial charge in [-0.25, -0.2) is 0 Å². The van der Waals surface area contributed by atoms with Gasteiger partial charge in [-0.05, 0) is 32.9 Å². The van der Waals surface area contributed by atoms with E-state index >= 15 is 0 Å². The number of carbonyl (C=O) groups is 2. The van der Waals surface area contributed by atoms with E-state index in [4.69, 9.17) is 0 Å². The topological polar surface area (TPSA) is 84.0 Å². The average molecular weight is 350 g/mol. The molecule has 1 aromatic heterocycles. The van der Waals surface area contributed by atoms with Gasteiger partial charge in [0.1, 0.15) is 0 Å². The monoisotopic (exact) mass is 350 g/mol. The lowest BCUT2D eigenvalue weighted by Crippen LogP contribution is -2.22. The molecule has 0 bridgehead atoms. The van der Waals surface area contributed by atoms with Gasteiger partial charge in [-0.3, -0.25) is 9.59 Å². The van der Waals surface area contributed by atoms with Crippen LogP contribution in [0.1, 0.15) is 31.1 Å². The molecule has 8 heteroatoms. The third-order valence-corrected chi connectivity index (χ3v) is 4.98. The summed E-state index contributed by atoms with van der Waals surface area (Å²) in [4.78, 5) is 23.6. The number of aromatic nitrogens is 2. The van der Waals surface area contributed by atoms with Crippen LogP contribution in [0.2, 0.25) is 0 Å². The van der Waals surface area contributed by atoms with Crippen molar-refractivity contribution in [1.82, 2.24) is 10.2 Å². The van der Waals surface area contributed by atoms with Crippen LogP contribution in [-0.2, 0) is 4.79 Å². The van der Waals surface area contributed by atoms with E-state index in [1.165, 1.54) is 30.0 Å². The second-order valence-electron chi connectivity index (χ2n) is 4.79. The van der Waals surface area contributed by atoms with Gasteiger partial charge in [0.05, 0.1) is 5.25 Å². The van der Waals surface area contributed by atoms with Gasteiger partial charge in [-0.1, -0.05) is 35.2 Å². The van der Waals surface area contributed by atoms with Crippen molar-refractivity contribution in [3.63, 3.8) is 0 Å². The first-order valence-electron chi connectivity index (χ1n) is 7.15. The van der Waals surface area contributed by atoms with Crippen LogP contribution >= 0.6 is 23.1 Å². The largest absolute Gasteiger partial charge is 0.360 e. The van der Waals surface area contributed by atoms with E-state index in [1.54, 1.807) is 24.3 Å². The van der Waals surface area contributed by atoms with Crippen molar-refractivity contribution in [1.29, 1.82) is 0 Å². The lowest BCUT2D eigenvalue weighted by molar-refractivity contribution is -0.115. The van der Waals surface area contributed by atoms with Crippen LogP contribution in [0.15, 0.2) is 28.6 Å². The third-order valence-electron chi connectivity index (χ3n) is 2.92. The minimum atomic E-state index is -0.321. The molecule has 0 radical (unpaired) electrons. The second kappa shape index (κ2) is 8.07. The maximum absolute atomic E-state index is 12.3. The molecule has 2 aromatic rings. The van der Waals surface area contributed by atoms with Gasteiger partial charge in [0.25, 0.3) is 0 Å². The predicted molar refractivity (Wildman–Crippen MR) is 94.5 cm³/mol. The van der Waals surface area contributed by atoms with Crippen molar-refractivity contribution < 1.29 is 9.59 Å². The summed E-state index contributed by atoms with van der Waals surface area (Å²) in [5.41, 5.74) is 1.18. The first-order valence-corrected chi connectivity index (χ1v) is 8.85. The molecule has 23 heavy (non-hydrogen) atoms. The molecule has 0 spiro atoms. The Morgan fingerprint density at radius 3 is 2.83 bits per heavy atom. The number of carbonyl (C=O) groups excluding carboxylic acids is 2. The van der Waals surface area contributed by atoms with Gasteiger partial charge in [-0.15, -0.1) is 10.2 Å². The number of nitrogens with zero attached hydrogens (tertiary/aromatic N) is 2. The molecular weight excluding hydrogens is 332 g/mol. The van der Waals surface area contributed by atoms with Gasteiger partial charge in [0.15, 0.2) is 10.1 Å². The predicted octanol–water partition coefficient (Wildman–Crippen LogP) is 3.29. The molecule has 0 aliphatic rings. The van der Waals surface area contributed by atoms with Crippen molar-refractivity contribution in [2.24, 2.45) is 0 Å². The van der Waals surface area contributed by atoms with Gasteiger partial charge in [0, 0.05) is 17.8 Å². The number of benzene rings is 1. The molecule has 1 amide bonds. The fourth-order valence-electron chi connectivity index (χ4n) is 1.74. The maximum Gasteiger partial charge on any atom is 0.237 e. The smallest absolute Gasteiger partial charge is 0.237 e. The molecule has 0 fully saturated rings. The van der Waals surface area contributed by atoms with Gasteiger partial charge in [-0.2, -0.15) is 0 Å². The summed E-state index contributed by atoms with van der Waals surface area (Å²) in [7, 11) is 0. The molecule has 1 heterocycles. The van der Waals surface area contributed by atoms with Crippen LogP contribution in [0.3, 0.4) is 0 Å². The normalized spacial score (nSPS) is 11.8. The zero-order chi connectivity index (χ0) is 16.8. The summed E-state index contributed by atoms with van der Waals surface area (Å²) in [6, 6.07) is 6.90. The van der Waals surface area contributed by atoms with E-state index < -0.39 is 0 Å². The van der Waals surface area contributed by atoms with Gasteiger partial charge >= 0.3 is 0 Å². The first-order chi connectivity index (χ1) is 11.0. The Morgan fingerprint density at radius 2 is 2.13 bits per heavy atom. The Kier molecular flexibility index (Phi) is 6.12. The number of Topliss-reactive ketones (excluding diaryl/α,β-unsaturated/α-hetero) is 1. The molecule has 1 atom stereocenters. The number of thioether (sulfide) groups is 1.